The van der Waals surface area contributed by atoms with E-state index in [-0.39, 0.29) is 11.8 Å². The van der Waals surface area contributed by atoms with Crippen LogP contribution in [0, 0.1) is 0 Å². The SMILES string of the molecule is C=CCn1c(SCCCCN2C(=O)c3ccccc3C2=O)nnc1-c1ccco1. The molecular weight excluding hydrogens is 388 g/mol. The van der Waals surface area contributed by atoms with Crippen molar-refractivity contribution >= 4 is 23.6 Å². The molecule has 29 heavy (non-hydrogen) atoms. The molecule has 0 spiro atoms. The van der Waals surface area contributed by atoms with Gasteiger partial charge in [0.15, 0.2) is 10.9 Å². The zero-order valence-electron chi connectivity index (χ0n) is 15.8. The number of fused-ring (bicyclic) bond motifs is 1. The predicted octanol–water partition coefficient (Wildman–Crippen LogP) is 3.89. The van der Waals surface area contributed by atoms with Crippen molar-refractivity contribution in [3.8, 4) is 11.6 Å². The van der Waals surface area contributed by atoms with E-state index in [0.717, 1.165) is 23.8 Å². The number of allylic oxidation sites excluding steroid dienone is 1. The number of hydrogen-bond acceptors (Lipinski definition) is 6. The highest BCUT2D eigenvalue weighted by Gasteiger charge is 2.34. The van der Waals surface area contributed by atoms with Gasteiger partial charge in [0.2, 0.25) is 5.82 Å². The van der Waals surface area contributed by atoms with Crippen LogP contribution in [0.15, 0.2) is 64.9 Å². The molecule has 1 aliphatic rings. The van der Waals surface area contributed by atoms with Gasteiger partial charge in [0.1, 0.15) is 0 Å². The van der Waals surface area contributed by atoms with E-state index < -0.39 is 0 Å². The lowest BCUT2D eigenvalue weighted by molar-refractivity contribution is 0.0652. The number of aromatic nitrogens is 3. The van der Waals surface area contributed by atoms with Crippen LogP contribution in [0.3, 0.4) is 0 Å². The maximum absolute atomic E-state index is 12.4. The molecule has 0 unspecified atom stereocenters. The van der Waals surface area contributed by atoms with Gasteiger partial charge in [0, 0.05) is 18.8 Å². The first kappa shape index (κ1) is 19.2. The fraction of sp³-hybridized carbons (Fsp3) is 0.238. The molecule has 1 aliphatic heterocycles. The van der Waals surface area contributed by atoms with Crippen LogP contribution in [0.25, 0.3) is 11.6 Å². The molecule has 0 fully saturated rings. The van der Waals surface area contributed by atoms with Gasteiger partial charge in [0.25, 0.3) is 11.8 Å². The number of unbranched alkanes of at least 4 members (excludes halogenated alkanes) is 1. The number of carbonyl (C=O) groups excluding carboxylic acids is 2. The molecule has 7 nitrogen and oxygen atoms in total. The molecular formula is C21H20N4O3S. The Morgan fingerprint density at radius 1 is 1.03 bits per heavy atom. The molecule has 2 amide bonds. The highest BCUT2D eigenvalue weighted by molar-refractivity contribution is 7.99. The standard InChI is InChI=1S/C21H20N4O3S/c1-2-11-24-18(17-10-7-13-28-17)22-23-21(24)29-14-6-5-12-25-19(26)15-8-3-4-9-16(15)20(25)27/h2-4,7-10,13H,1,5-6,11-12,14H2. The average Bonchev–Trinajstić information content (AvgIpc) is 3.44. The molecule has 0 saturated heterocycles. The molecule has 3 heterocycles. The van der Waals surface area contributed by atoms with E-state index in [0.29, 0.717) is 35.8 Å². The van der Waals surface area contributed by atoms with E-state index in [2.05, 4.69) is 16.8 Å². The molecule has 0 atom stereocenters. The van der Waals surface area contributed by atoms with E-state index >= 15 is 0 Å². The highest BCUT2D eigenvalue weighted by atomic mass is 32.2. The minimum atomic E-state index is -0.202. The van der Waals surface area contributed by atoms with Gasteiger partial charge in [-0.3, -0.25) is 19.1 Å². The van der Waals surface area contributed by atoms with Crippen molar-refractivity contribution in [3.63, 3.8) is 0 Å². The average molecular weight is 408 g/mol. The number of nitrogens with zero attached hydrogens (tertiary/aromatic N) is 4. The molecule has 8 heteroatoms. The molecule has 0 saturated carbocycles. The number of furan rings is 1. The summed E-state index contributed by atoms with van der Waals surface area (Å²) in [7, 11) is 0. The van der Waals surface area contributed by atoms with Gasteiger partial charge in [-0.05, 0) is 37.1 Å². The lowest BCUT2D eigenvalue weighted by Crippen LogP contribution is -2.30. The number of hydrogen-bond donors (Lipinski definition) is 0. The molecule has 2 aromatic heterocycles. The number of amides is 2. The Balaban J connectivity index is 1.31. The van der Waals surface area contributed by atoms with Crippen molar-refractivity contribution in [2.45, 2.75) is 24.5 Å². The van der Waals surface area contributed by atoms with Gasteiger partial charge in [-0.15, -0.1) is 16.8 Å². The second-order valence-electron chi connectivity index (χ2n) is 6.55. The number of rotatable bonds is 9. The van der Waals surface area contributed by atoms with Gasteiger partial charge in [-0.1, -0.05) is 30.0 Å². The minimum absolute atomic E-state index is 0.202. The molecule has 3 aromatic rings. The Kier molecular flexibility index (Phi) is 5.62. The quantitative estimate of drug-likeness (QED) is 0.231. The molecule has 0 bridgehead atoms. The van der Waals surface area contributed by atoms with Crippen molar-refractivity contribution in [2.75, 3.05) is 12.3 Å². The minimum Gasteiger partial charge on any atom is -0.461 e. The molecule has 0 radical (unpaired) electrons. The van der Waals surface area contributed by atoms with Crippen LogP contribution in [0.5, 0.6) is 0 Å². The van der Waals surface area contributed by atoms with E-state index in [9.17, 15) is 9.59 Å². The maximum Gasteiger partial charge on any atom is 0.261 e. The molecule has 1 aromatic carbocycles. The van der Waals surface area contributed by atoms with Crippen molar-refractivity contribution in [1.82, 2.24) is 19.7 Å². The zero-order chi connectivity index (χ0) is 20.2. The smallest absolute Gasteiger partial charge is 0.261 e. The summed E-state index contributed by atoms with van der Waals surface area (Å²) in [4.78, 5) is 26.1. The second-order valence-corrected chi connectivity index (χ2v) is 7.61. The lowest BCUT2D eigenvalue weighted by atomic mass is 10.1. The first-order valence-electron chi connectivity index (χ1n) is 9.36. The fourth-order valence-electron chi connectivity index (χ4n) is 3.25. The predicted molar refractivity (Wildman–Crippen MR) is 110 cm³/mol. The monoisotopic (exact) mass is 408 g/mol. The third-order valence-electron chi connectivity index (χ3n) is 4.66. The normalized spacial score (nSPS) is 13.2. The van der Waals surface area contributed by atoms with Crippen molar-refractivity contribution < 1.29 is 14.0 Å². The first-order chi connectivity index (χ1) is 14.2. The summed E-state index contributed by atoms with van der Waals surface area (Å²) in [6, 6.07) is 10.6. The summed E-state index contributed by atoms with van der Waals surface area (Å²) in [5, 5.41) is 9.29. The molecule has 0 N–H and O–H groups in total. The summed E-state index contributed by atoms with van der Waals surface area (Å²) in [5.41, 5.74) is 0.990. The molecule has 0 aliphatic carbocycles. The van der Waals surface area contributed by atoms with Crippen LogP contribution in [-0.4, -0.2) is 43.8 Å². The Labute approximate surface area is 172 Å². The van der Waals surface area contributed by atoms with Gasteiger partial charge >= 0.3 is 0 Å². The molecule has 148 valence electrons. The zero-order valence-corrected chi connectivity index (χ0v) is 16.6. The topological polar surface area (TPSA) is 81.2 Å². The van der Waals surface area contributed by atoms with Crippen molar-refractivity contribution in [2.24, 2.45) is 0 Å². The number of benzene rings is 1. The van der Waals surface area contributed by atoms with Crippen LogP contribution >= 0.6 is 11.8 Å². The Morgan fingerprint density at radius 2 is 1.79 bits per heavy atom. The first-order valence-corrected chi connectivity index (χ1v) is 10.3. The van der Waals surface area contributed by atoms with Crippen molar-refractivity contribution in [1.29, 1.82) is 0 Å². The Bertz CT molecular complexity index is 1010. The summed E-state index contributed by atoms with van der Waals surface area (Å²) >= 11 is 1.59. The summed E-state index contributed by atoms with van der Waals surface area (Å²) in [6.07, 6.45) is 4.98. The van der Waals surface area contributed by atoms with Crippen LogP contribution in [0.4, 0.5) is 0 Å². The third-order valence-corrected chi connectivity index (χ3v) is 5.71. The van der Waals surface area contributed by atoms with E-state index in [1.807, 2.05) is 16.7 Å². The molecule has 4 rings (SSSR count). The van der Waals surface area contributed by atoms with Gasteiger partial charge in [-0.25, -0.2) is 0 Å². The van der Waals surface area contributed by atoms with Crippen LogP contribution in [-0.2, 0) is 6.54 Å². The lowest BCUT2D eigenvalue weighted by Gasteiger charge is -2.13. The third kappa shape index (κ3) is 3.75. The van der Waals surface area contributed by atoms with Crippen LogP contribution in [0.2, 0.25) is 0 Å². The summed E-state index contributed by atoms with van der Waals surface area (Å²) in [6.45, 7) is 4.80. The highest BCUT2D eigenvalue weighted by Crippen LogP contribution is 2.26. The fourth-order valence-corrected chi connectivity index (χ4v) is 4.20. The maximum atomic E-state index is 12.4. The summed E-state index contributed by atoms with van der Waals surface area (Å²) in [5.74, 6) is 1.73. The Morgan fingerprint density at radius 3 is 2.45 bits per heavy atom. The Hall–Kier alpha value is -3.13. The van der Waals surface area contributed by atoms with Crippen LogP contribution < -0.4 is 0 Å². The van der Waals surface area contributed by atoms with Gasteiger partial charge in [-0.2, -0.15) is 0 Å². The largest absolute Gasteiger partial charge is 0.461 e. The van der Waals surface area contributed by atoms with Crippen LogP contribution in [0.1, 0.15) is 33.6 Å². The van der Waals surface area contributed by atoms with Crippen molar-refractivity contribution in [3.05, 3.63) is 66.4 Å². The van der Waals surface area contributed by atoms with E-state index in [1.54, 1.807) is 48.4 Å². The number of imide groups is 1. The number of carbonyl (C=O) groups is 2. The number of thioether (sulfide) groups is 1. The van der Waals surface area contributed by atoms with Gasteiger partial charge < -0.3 is 4.42 Å². The van der Waals surface area contributed by atoms with E-state index in [4.69, 9.17) is 4.42 Å². The summed E-state index contributed by atoms with van der Waals surface area (Å²) < 4.78 is 7.39. The van der Waals surface area contributed by atoms with Gasteiger partial charge in [0.05, 0.1) is 17.4 Å². The van der Waals surface area contributed by atoms with E-state index in [1.165, 1.54) is 4.90 Å². The second kappa shape index (κ2) is 8.48.